The maximum Gasteiger partial charge on any atom is 0.255 e. The van der Waals surface area contributed by atoms with Crippen molar-refractivity contribution in [3.8, 4) is 11.3 Å². The van der Waals surface area contributed by atoms with Crippen LogP contribution in [0.1, 0.15) is 15.9 Å². The van der Waals surface area contributed by atoms with Crippen molar-refractivity contribution in [2.75, 3.05) is 10.6 Å². The number of amides is 1. The first-order valence-electron chi connectivity index (χ1n) is 10.3. The third-order valence-corrected chi connectivity index (χ3v) is 5.13. The number of carbonyl (C=O) groups is 1. The van der Waals surface area contributed by atoms with Gasteiger partial charge in [-0.15, -0.1) is 0 Å². The molecular formula is C26H21N5O. The van der Waals surface area contributed by atoms with Crippen LogP contribution >= 0.6 is 0 Å². The molecular weight excluding hydrogens is 398 g/mol. The molecule has 0 saturated carbocycles. The van der Waals surface area contributed by atoms with Crippen molar-refractivity contribution in [1.82, 2.24) is 14.4 Å². The lowest BCUT2D eigenvalue weighted by molar-refractivity contribution is 0.102. The maximum absolute atomic E-state index is 12.5. The van der Waals surface area contributed by atoms with Gasteiger partial charge in [0, 0.05) is 41.9 Å². The van der Waals surface area contributed by atoms with Crippen LogP contribution in [0.25, 0.3) is 16.9 Å². The quantitative estimate of drug-likeness (QED) is 0.394. The van der Waals surface area contributed by atoms with Crippen molar-refractivity contribution in [2.24, 2.45) is 0 Å². The molecule has 3 aromatic carbocycles. The van der Waals surface area contributed by atoms with E-state index in [0.717, 1.165) is 22.5 Å². The molecule has 6 nitrogen and oxygen atoms in total. The summed E-state index contributed by atoms with van der Waals surface area (Å²) in [6.45, 7) is 0.646. The molecule has 0 spiro atoms. The lowest BCUT2D eigenvalue weighted by Crippen LogP contribution is -2.11. The summed E-state index contributed by atoms with van der Waals surface area (Å²) in [7, 11) is 0. The molecule has 2 heterocycles. The van der Waals surface area contributed by atoms with E-state index >= 15 is 0 Å². The third kappa shape index (κ3) is 4.20. The van der Waals surface area contributed by atoms with Crippen LogP contribution in [0.3, 0.4) is 0 Å². The van der Waals surface area contributed by atoms with Crippen LogP contribution in [0.15, 0.2) is 104 Å². The fraction of sp³-hybridized carbons (Fsp3) is 0.0385. The molecule has 0 bridgehead atoms. The van der Waals surface area contributed by atoms with Crippen LogP contribution in [0.5, 0.6) is 0 Å². The molecule has 0 atom stereocenters. The van der Waals surface area contributed by atoms with Gasteiger partial charge in [-0.1, -0.05) is 60.7 Å². The van der Waals surface area contributed by atoms with E-state index in [1.807, 2.05) is 77.5 Å². The largest absolute Gasteiger partial charge is 0.363 e. The summed E-state index contributed by atoms with van der Waals surface area (Å²) < 4.78 is 1.95. The maximum atomic E-state index is 12.5. The van der Waals surface area contributed by atoms with E-state index in [1.165, 1.54) is 0 Å². The molecule has 0 fully saturated rings. The number of hydrogen-bond donors (Lipinski definition) is 2. The first-order chi connectivity index (χ1) is 15.8. The van der Waals surface area contributed by atoms with Gasteiger partial charge in [-0.05, 0) is 29.8 Å². The number of fused-ring (bicyclic) bond motifs is 1. The molecule has 0 aliphatic rings. The Bertz CT molecular complexity index is 1360. The number of anilines is 2. The Balaban J connectivity index is 1.43. The average Bonchev–Trinajstić information content (AvgIpc) is 3.33. The van der Waals surface area contributed by atoms with Gasteiger partial charge in [-0.25, -0.2) is 9.97 Å². The fourth-order valence-electron chi connectivity index (χ4n) is 3.52. The van der Waals surface area contributed by atoms with Crippen LogP contribution in [0.2, 0.25) is 0 Å². The van der Waals surface area contributed by atoms with Gasteiger partial charge in [-0.2, -0.15) is 0 Å². The summed E-state index contributed by atoms with van der Waals surface area (Å²) in [5, 5.41) is 6.36. The summed E-state index contributed by atoms with van der Waals surface area (Å²) in [4.78, 5) is 21.8. The summed E-state index contributed by atoms with van der Waals surface area (Å²) in [6.07, 6.45) is 5.59. The molecule has 0 radical (unpaired) electrons. The van der Waals surface area contributed by atoms with Crippen LogP contribution in [0, 0.1) is 0 Å². The Morgan fingerprint density at radius 3 is 2.50 bits per heavy atom. The molecule has 0 unspecified atom stereocenters. The van der Waals surface area contributed by atoms with Gasteiger partial charge in [0.1, 0.15) is 0 Å². The molecule has 2 aromatic heterocycles. The number of nitrogens with one attached hydrogen (secondary N) is 2. The number of rotatable bonds is 6. The molecule has 2 N–H and O–H groups in total. The van der Waals surface area contributed by atoms with E-state index < -0.39 is 0 Å². The predicted molar refractivity (Wildman–Crippen MR) is 127 cm³/mol. The third-order valence-electron chi connectivity index (χ3n) is 5.13. The minimum atomic E-state index is -0.147. The van der Waals surface area contributed by atoms with Crippen molar-refractivity contribution >= 4 is 23.1 Å². The molecule has 0 saturated heterocycles. The second-order valence-corrected chi connectivity index (χ2v) is 7.37. The number of aromatic nitrogens is 3. The van der Waals surface area contributed by atoms with Crippen molar-refractivity contribution in [3.05, 3.63) is 115 Å². The molecule has 1 amide bonds. The van der Waals surface area contributed by atoms with Gasteiger partial charge in [0.25, 0.3) is 5.91 Å². The predicted octanol–water partition coefficient (Wildman–Crippen LogP) is 5.26. The SMILES string of the molecule is O=C(Nc1cccc(-c2cn3ccnc3c(NCc3ccccc3)n2)c1)c1ccccc1. The van der Waals surface area contributed by atoms with Crippen molar-refractivity contribution in [3.63, 3.8) is 0 Å². The Hall–Kier alpha value is -4.45. The Morgan fingerprint density at radius 2 is 1.69 bits per heavy atom. The second-order valence-electron chi connectivity index (χ2n) is 7.37. The Kier molecular flexibility index (Phi) is 5.32. The van der Waals surface area contributed by atoms with E-state index in [-0.39, 0.29) is 5.91 Å². The summed E-state index contributed by atoms with van der Waals surface area (Å²) in [5.74, 6) is 0.557. The molecule has 6 heteroatoms. The summed E-state index contributed by atoms with van der Waals surface area (Å²) >= 11 is 0. The minimum absolute atomic E-state index is 0.147. The van der Waals surface area contributed by atoms with Crippen molar-refractivity contribution in [2.45, 2.75) is 6.54 Å². The Labute approximate surface area is 185 Å². The number of nitrogens with zero attached hydrogens (tertiary/aromatic N) is 3. The van der Waals surface area contributed by atoms with E-state index in [2.05, 4.69) is 27.8 Å². The van der Waals surface area contributed by atoms with E-state index in [4.69, 9.17) is 4.98 Å². The molecule has 0 aliphatic heterocycles. The van der Waals surface area contributed by atoms with Gasteiger partial charge in [-0.3, -0.25) is 4.79 Å². The first-order valence-corrected chi connectivity index (χ1v) is 10.3. The smallest absolute Gasteiger partial charge is 0.255 e. The number of benzene rings is 3. The van der Waals surface area contributed by atoms with E-state index in [9.17, 15) is 4.79 Å². The highest BCUT2D eigenvalue weighted by Gasteiger charge is 2.11. The van der Waals surface area contributed by atoms with Crippen LogP contribution < -0.4 is 10.6 Å². The number of imidazole rings is 1. The van der Waals surface area contributed by atoms with Crippen LogP contribution in [0.4, 0.5) is 11.5 Å². The molecule has 5 rings (SSSR count). The number of carbonyl (C=O) groups excluding carboxylic acids is 1. The first kappa shape index (κ1) is 19.5. The van der Waals surface area contributed by atoms with Gasteiger partial charge in [0.15, 0.2) is 11.5 Å². The highest BCUT2D eigenvalue weighted by molar-refractivity contribution is 6.04. The van der Waals surface area contributed by atoms with Crippen molar-refractivity contribution < 1.29 is 4.79 Å². The summed E-state index contributed by atoms with van der Waals surface area (Å²) in [5.41, 5.74) is 4.93. The molecule has 5 aromatic rings. The fourth-order valence-corrected chi connectivity index (χ4v) is 3.52. The highest BCUT2D eigenvalue weighted by Crippen LogP contribution is 2.25. The molecule has 156 valence electrons. The van der Waals surface area contributed by atoms with Crippen LogP contribution in [-0.4, -0.2) is 20.3 Å². The monoisotopic (exact) mass is 419 g/mol. The molecule has 32 heavy (non-hydrogen) atoms. The number of hydrogen-bond acceptors (Lipinski definition) is 4. The zero-order chi connectivity index (χ0) is 21.8. The zero-order valence-corrected chi connectivity index (χ0v) is 17.3. The van der Waals surface area contributed by atoms with Gasteiger partial charge < -0.3 is 15.0 Å². The summed E-state index contributed by atoms with van der Waals surface area (Å²) in [6, 6.07) is 27.0. The van der Waals surface area contributed by atoms with Gasteiger partial charge >= 0.3 is 0 Å². The topological polar surface area (TPSA) is 71.3 Å². The van der Waals surface area contributed by atoms with Crippen LogP contribution in [-0.2, 0) is 6.54 Å². The average molecular weight is 419 g/mol. The normalized spacial score (nSPS) is 10.8. The second kappa shape index (κ2) is 8.73. The van der Waals surface area contributed by atoms with E-state index in [1.54, 1.807) is 18.3 Å². The molecule has 0 aliphatic carbocycles. The van der Waals surface area contributed by atoms with Gasteiger partial charge in [0.05, 0.1) is 5.69 Å². The zero-order valence-electron chi connectivity index (χ0n) is 17.3. The standard InChI is InChI=1S/C26H21N5O/c32-26(20-10-5-2-6-11-20)29-22-13-7-12-21(16-22)23-18-31-15-14-27-25(31)24(30-23)28-17-19-8-3-1-4-9-19/h1-16,18H,17H2,(H,28,30)(H,29,32). The lowest BCUT2D eigenvalue weighted by Gasteiger charge is -2.11. The van der Waals surface area contributed by atoms with Gasteiger partial charge in [0.2, 0.25) is 0 Å². The van der Waals surface area contributed by atoms with E-state index in [0.29, 0.717) is 23.6 Å². The Morgan fingerprint density at radius 1 is 0.906 bits per heavy atom. The van der Waals surface area contributed by atoms with Crippen molar-refractivity contribution in [1.29, 1.82) is 0 Å². The lowest BCUT2D eigenvalue weighted by atomic mass is 10.1. The highest BCUT2D eigenvalue weighted by atomic mass is 16.1. The minimum Gasteiger partial charge on any atom is -0.363 e.